The lowest BCUT2D eigenvalue weighted by molar-refractivity contribution is -0.907. The highest BCUT2D eigenvalue weighted by Gasteiger charge is 2.27. The summed E-state index contributed by atoms with van der Waals surface area (Å²) in [6.45, 7) is 6.10. The summed E-state index contributed by atoms with van der Waals surface area (Å²) in [5, 5.41) is 5.73. The maximum Gasteiger partial charge on any atom is 0.279 e. The second-order valence-corrected chi connectivity index (χ2v) is 7.37. The molecule has 0 aromatic heterocycles. The van der Waals surface area contributed by atoms with Crippen LogP contribution < -0.4 is 20.3 Å². The monoisotopic (exact) mass is 398 g/mol. The largest absolute Gasteiger partial charge is 0.495 e. The second kappa shape index (κ2) is 9.54. The zero-order chi connectivity index (χ0) is 20.8. The van der Waals surface area contributed by atoms with E-state index in [0.717, 1.165) is 13.1 Å². The van der Waals surface area contributed by atoms with Crippen LogP contribution in [-0.4, -0.2) is 50.8 Å². The van der Waals surface area contributed by atoms with E-state index < -0.39 is 0 Å². The smallest absolute Gasteiger partial charge is 0.279 e. The maximum atomic E-state index is 12.5. The van der Waals surface area contributed by atoms with Gasteiger partial charge in [-0.15, -0.1) is 0 Å². The number of methoxy groups -OCH3 is 1. The molecule has 2 aromatic rings. The number of ether oxygens (including phenoxy) is 2. The van der Waals surface area contributed by atoms with Gasteiger partial charge < -0.3 is 25.0 Å². The molecule has 1 aliphatic rings. The molecule has 0 spiro atoms. The number of amides is 2. The Balaban J connectivity index is 1.55. The van der Waals surface area contributed by atoms with Crippen molar-refractivity contribution in [3.8, 4) is 5.75 Å². The maximum absolute atomic E-state index is 12.5. The molecule has 3 N–H and O–H groups in total. The molecule has 1 saturated heterocycles. The van der Waals surface area contributed by atoms with Crippen LogP contribution in [0.2, 0.25) is 0 Å². The molecule has 2 amide bonds. The first-order chi connectivity index (χ1) is 13.9. The summed E-state index contributed by atoms with van der Waals surface area (Å²) in [6, 6.07) is 14.1. The summed E-state index contributed by atoms with van der Waals surface area (Å²) in [5.74, 6) is 0.305. The zero-order valence-corrected chi connectivity index (χ0v) is 17.0. The van der Waals surface area contributed by atoms with E-state index in [9.17, 15) is 9.59 Å². The third kappa shape index (κ3) is 5.79. The van der Waals surface area contributed by atoms with Gasteiger partial charge in [-0.25, -0.2) is 0 Å². The summed E-state index contributed by atoms with van der Waals surface area (Å²) in [7, 11) is 1.56. The summed E-state index contributed by atoms with van der Waals surface area (Å²) >= 11 is 0. The van der Waals surface area contributed by atoms with Gasteiger partial charge in [0, 0.05) is 11.3 Å². The van der Waals surface area contributed by atoms with Crippen molar-refractivity contribution in [2.24, 2.45) is 0 Å². The lowest BCUT2D eigenvalue weighted by Crippen LogP contribution is -3.16. The Morgan fingerprint density at radius 2 is 1.69 bits per heavy atom. The Labute approximate surface area is 171 Å². The van der Waals surface area contributed by atoms with Gasteiger partial charge in [0.1, 0.15) is 31.0 Å². The molecule has 154 valence electrons. The Morgan fingerprint density at radius 1 is 1.03 bits per heavy atom. The van der Waals surface area contributed by atoms with Crippen molar-refractivity contribution in [2.45, 2.75) is 26.1 Å². The average molecular weight is 398 g/mol. The van der Waals surface area contributed by atoms with Crippen molar-refractivity contribution < 1.29 is 24.0 Å². The van der Waals surface area contributed by atoms with Crippen LogP contribution in [0.1, 0.15) is 24.2 Å². The number of quaternary nitrogens is 1. The summed E-state index contributed by atoms with van der Waals surface area (Å²) < 4.78 is 11.0. The topological polar surface area (TPSA) is 81.1 Å². The molecule has 0 aliphatic carbocycles. The molecule has 7 heteroatoms. The van der Waals surface area contributed by atoms with E-state index in [1.165, 1.54) is 4.90 Å². The van der Waals surface area contributed by atoms with Crippen molar-refractivity contribution in [3.63, 3.8) is 0 Å². The Bertz CT molecular complexity index is 843. The summed E-state index contributed by atoms with van der Waals surface area (Å²) in [5.41, 5.74) is 1.77. The van der Waals surface area contributed by atoms with E-state index in [4.69, 9.17) is 9.47 Å². The van der Waals surface area contributed by atoms with E-state index in [0.29, 0.717) is 29.2 Å². The molecule has 2 atom stereocenters. The van der Waals surface area contributed by atoms with Crippen molar-refractivity contribution in [1.29, 1.82) is 0 Å². The van der Waals surface area contributed by atoms with Gasteiger partial charge in [-0.3, -0.25) is 9.59 Å². The molecular weight excluding hydrogens is 370 g/mol. The zero-order valence-electron chi connectivity index (χ0n) is 17.0. The molecule has 0 unspecified atom stereocenters. The first-order valence-electron chi connectivity index (χ1n) is 9.78. The molecule has 29 heavy (non-hydrogen) atoms. The van der Waals surface area contributed by atoms with Gasteiger partial charge in [0.25, 0.3) is 11.8 Å². The number of para-hydroxylation sites is 2. The Kier molecular flexibility index (Phi) is 6.85. The van der Waals surface area contributed by atoms with Crippen LogP contribution in [0.4, 0.5) is 11.4 Å². The van der Waals surface area contributed by atoms with Crippen molar-refractivity contribution >= 4 is 23.2 Å². The van der Waals surface area contributed by atoms with Gasteiger partial charge in [0.2, 0.25) is 0 Å². The van der Waals surface area contributed by atoms with Crippen LogP contribution in [0.3, 0.4) is 0 Å². The highest BCUT2D eigenvalue weighted by molar-refractivity contribution is 6.05. The minimum absolute atomic E-state index is 0.0486. The van der Waals surface area contributed by atoms with Gasteiger partial charge in [-0.1, -0.05) is 12.1 Å². The number of hydrogen-bond donors (Lipinski definition) is 3. The van der Waals surface area contributed by atoms with Gasteiger partial charge in [0.15, 0.2) is 6.54 Å². The fraction of sp³-hybridized carbons (Fsp3) is 0.364. The minimum atomic E-state index is -0.242. The number of hydrogen-bond acceptors (Lipinski definition) is 4. The lowest BCUT2D eigenvalue weighted by Gasteiger charge is -2.31. The Morgan fingerprint density at radius 3 is 2.34 bits per heavy atom. The Hall–Kier alpha value is -2.90. The predicted octanol–water partition coefficient (Wildman–Crippen LogP) is 1.58. The van der Waals surface area contributed by atoms with E-state index in [2.05, 4.69) is 10.6 Å². The lowest BCUT2D eigenvalue weighted by atomic mass is 10.2. The standard InChI is InChI=1S/C22H27N3O4/c1-15-12-25(13-16(2)29-15)14-21(26)23-18-10-8-17(9-11-18)22(27)24-19-6-4-5-7-20(19)28-3/h4-11,15-16H,12-14H2,1-3H3,(H,23,26)(H,24,27)/p+1/t15-,16-/m0/s1. The number of anilines is 2. The molecule has 0 bridgehead atoms. The third-order valence-electron chi connectivity index (χ3n) is 4.81. The number of benzene rings is 2. The van der Waals surface area contributed by atoms with Crippen molar-refractivity contribution in [1.82, 2.24) is 0 Å². The summed E-state index contributed by atoms with van der Waals surface area (Å²) in [6.07, 6.45) is 0.310. The summed E-state index contributed by atoms with van der Waals surface area (Å²) in [4.78, 5) is 26.0. The van der Waals surface area contributed by atoms with E-state index in [-0.39, 0.29) is 24.0 Å². The number of morpholine rings is 1. The fourth-order valence-corrected chi connectivity index (χ4v) is 3.61. The molecule has 2 aromatic carbocycles. The SMILES string of the molecule is COc1ccccc1NC(=O)c1ccc(NC(=O)C[NH+]2C[C@H](C)O[C@@H](C)C2)cc1. The molecule has 0 saturated carbocycles. The van der Waals surface area contributed by atoms with Gasteiger partial charge in [-0.05, 0) is 50.2 Å². The van der Waals surface area contributed by atoms with Crippen LogP contribution in [0.5, 0.6) is 5.75 Å². The molecule has 0 radical (unpaired) electrons. The van der Waals surface area contributed by atoms with E-state index in [1.54, 1.807) is 43.5 Å². The minimum Gasteiger partial charge on any atom is -0.495 e. The molecule has 1 fully saturated rings. The van der Waals surface area contributed by atoms with Gasteiger partial charge in [-0.2, -0.15) is 0 Å². The average Bonchev–Trinajstić information content (AvgIpc) is 2.68. The second-order valence-electron chi connectivity index (χ2n) is 7.37. The normalized spacial score (nSPS) is 21.3. The number of carbonyl (C=O) groups is 2. The highest BCUT2D eigenvalue weighted by atomic mass is 16.5. The van der Waals surface area contributed by atoms with Gasteiger partial charge in [0.05, 0.1) is 12.8 Å². The van der Waals surface area contributed by atoms with Gasteiger partial charge >= 0.3 is 0 Å². The molecule has 1 heterocycles. The number of nitrogens with one attached hydrogen (secondary N) is 3. The van der Waals surface area contributed by atoms with Crippen molar-refractivity contribution in [3.05, 3.63) is 54.1 Å². The van der Waals surface area contributed by atoms with E-state index in [1.807, 2.05) is 26.0 Å². The predicted molar refractivity (Wildman–Crippen MR) is 112 cm³/mol. The van der Waals surface area contributed by atoms with E-state index >= 15 is 0 Å². The number of carbonyl (C=O) groups excluding carboxylic acids is 2. The number of rotatable bonds is 6. The first-order valence-corrected chi connectivity index (χ1v) is 9.78. The van der Waals surface area contributed by atoms with Crippen LogP contribution in [0, 0.1) is 0 Å². The first kappa shape index (κ1) is 20.8. The molecule has 7 nitrogen and oxygen atoms in total. The van der Waals surface area contributed by atoms with Crippen molar-refractivity contribution in [2.75, 3.05) is 37.4 Å². The van der Waals surface area contributed by atoms with Crippen LogP contribution in [0.15, 0.2) is 48.5 Å². The van der Waals surface area contributed by atoms with Crippen LogP contribution in [-0.2, 0) is 9.53 Å². The molecule has 1 aliphatic heterocycles. The highest BCUT2D eigenvalue weighted by Crippen LogP contribution is 2.23. The van der Waals surface area contributed by atoms with Crippen LogP contribution >= 0.6 is 0 Å². The van der Waals surface area contributed by atoms with Crippen LogP contribution in [0.25, 0.3) is 0 Å². The molecule has 3 rings (SSSR count). The fourth-order valence-electron chi connectivity index (χ4n) is 3.61. The molecular formula is C22H28N3O4+. The third-order valence-corrected chi connectivity index (χ3v) is 4.81. The quantitative estimate of drug-likeness (QED) is 0.690.